The Morgan fingerprint density at radius 1 is 1.05 bits per heavy atom. The maximum atomic E-state index is 13.7. The first kappa shape index (κ1) is 27.3. The number of amides is 3. The molecule has 0 aliphatic carbocycles. The summed E-state index contributed by atoms with van der Waals surface area (Å²) < 4.78 is 41.5. The smallest absolute Gasteiger partial charge is 0.481 e. The number of alkyl halides is 3. The average molecular weight is 534 g/mol. The fourth-order valence-electron chi connectivity index (χ4n) is 5.16. The molecule has 204 valence electrons. The zero-order chi connectivity index (χ0) is 27.7. The molecule has 8 nitrogen and oxygen atoms in total. The normalized spacial score (nSPS) is 17.6. The molecule has 2 heterocycles. The van der Waals surface area contributed by atoms with Gasteiger partial charge in [-0.2, -0.15) is 0 Å². The summed E-state index contributed by atoms with van der Waals surface area (Å²) in [7, 11) is 0. The number of carbonyl (C=O) groups is 3. The first-order valence-corrected chi connectivity index (χ1v) is 12.4. The van der Waals surface area contributed by atoms with Crippen LogP contribution in [0.25, 0.3) is 0 Å². The number of hydrogen-bond acceptors (Lipinski definition) is 5. The lowest BCUT2D eigenvalue weighted by atomic mass is 9.85. The van der Waals surface area contributed by atoms with E-state index in [-0.39, 0.29) is 37.1 Å². The first-order valence-electron chi connectivity index (χ1n) is 12.4. The summed E-state index contributed by atoms with van der Waals surface area (Å²) >= 11 is 0. The third kappa shape index (κ3) is 5.87. The molecule has 0 saturated carbocycles. The van der Waals surface area contributed by atoms with E-state index in [1.54, 1.807) is 17.0 Å². The number of benzene rings is 2. The molecule has 0 unspecified atom stereocenters. The Kier molecular flexibility index (Phi) is 7.57. The summed E-state index contributed by atoms with van der Waals surface area (Å²) in [5.74, 6) is -1.48. The molecule has 1 N–H and O–H groups in total. The number of rotatable bonds is 8. The van der Waals surface area contributed by atoms with Gasteiger partial charge in [0.25, 0.3) is 5.91 Å². The fourth-order valence-corrected chi connectivity index (χ4v) is 5.16. The zero-order valence-corrected chi connectivity index (χ0v) is 21.2. The highest BCUT2D eigenvalue weighted by Gasteiger charge is 2.57. The minimum atomic E-state index is -4.80. The Labute approximate surface area is 218 Å². The van der Waals surface area contributed by atoms with Crippen molar-refractivity contribution < 1.29 is 37.4 Å². The Morgan fingerprint density at radius 2 is 1.71 bits per heavy atom. The second-order valence-electron chi connectivity index (χ2n) is 10.1. The van der Waals surface area contributed by atoms with E-state index in [0.717, 1.165) is 5.69 Å². The van der Waals surface area contributed by atoms with Crippen molar-refractivity contribution in [3.05, 3.63) is 59.7 Å². The number of anilines is 1. The van der Waals surface area contributed by atoms with Crippen molar-refractivity contribution in [3.63, 3.8) is 0 Å². The fraction of sp³-hybridized carbons (Fsp3) is 0.444. The molecule has 2 aliphatic heterocycles. The third-order valence-corrected chi connectivity index (χ3v) is 6.89. The van der Waals surface area contributed by atoms with E-state index in [9.17, 15) is 27.6 Å². The highest BCUT2D eigenvalue weighted by Crippen LogP contribution is 2.40. The van der Waals surface area contributed by atoms with Crippen molar-refractivity contribution in [2.45, 2.75) is 51.6 Å². The van der Waals surface area contributed by atoms with Gasteiger partial charge in [0.15, 0.2) is 0 Å². The minimum Gasteiger partial charge on any atom is -0.481 e. The van der Waals surface area contributed by atoms with Crippen LogP contribution in [-0.2, 0) is 22.6 Å². The molecule has 0 aromatic heterocycles. The molecule has 1 spiro atoms. The highest BCUT2D eigenvalue weighted by atomic mass is 19.4. The number of carboxylic acid groups (broad SMARTS) is 1. The average Bonchev–Trinajstić information content (AvgIpc) is 3.01. The zero-order valence-electron chi connectivity index (χ0n) is 21.2. The molecule has 2 aliphatic rings. The number of aliphatic carboxylic acids is 1. The molecule has 0 atom stereocenters. The topological polar surface area (TPSA) is 90.4 Å². The molecular weight excluding hydrogens is 503 g/mol. The van der Waals surface area contributed by atoms with Gasteiger partial charge < -0.3 is 19.6 Å². The predicted molar refractivity (Wildman–Crippen MR) is 133 cm³/mol. The molecule has 0 bridgehead atoms. The number of ether oxygens (including phenoxy) is 1. The summed E-state index contributed by atoms with van der Waals surface area (Å²) in [6.07, 6.45) is -4.17. The number of carboxylic acids is 1. The van der Waals surface area contributed by atoms with Gasteiger partial charge in [-0.15, -0.1) is 13.2 Å². The van der Waals surface area contributed by atoms with Gasteiger partial charge in [-0.3, -0.25) is 14.5 Å². The summed E-state index contributed by atoms with van der Waals surface area (Å²) in [6, 6.07) is 12.1. The van der Waals surface area contributed by atoms with Crippen LogP contribution in [0.4, 0.5) is 23.7 Å². The minimum absolute atomic E-state index is 0.0655. The van der Waals surface area contributed by atoms with E-state index in [1.165, 1.54) is 29.2 Å². The van der Waals surface area contributed by atoms with Gasteiger partial charge >= 0.3 is 18.4 Å². The van der Waals surface area contributed by atoms with Gasteiger partial charge in [0, 0.05) is 31.9 Å². The van der Waals surface area contributed by atoms with E-state index in [0.29, 0.717) is 37.1 Å². The first-order chi connectivity index (χ1) is 17.9. The predicted octanol–water partition coefficient (Wildman–Crippen LogP) is 4.67. The van der Waals surface area contributed by atoms with Crippen LogP contribution in [0.1, 0.15) is 37.8 Å². The molecule has 11 heteroatoms. The molecular formula is C27H30F3N3O5. The van der Waals surface area contributed by atoms with Crippen LogP contribution in [0.15, 0.2) is 48.5 Å². The number of imide groups is 1. The Balaban J connectivity index is 1.56. The molecule has 2 aromatic rings. The van der Waals surface area contributed by atoms with Crippen molar-refractivity contribution in [1.29, 1.82) is 0 Å². The number of hydrogen-bond donors (Lipinski definition) is 1. The number of halogens is 3. The van der Waals surface area contributed by atoms with Crippen molar-refractivity contribution in [2.24, 2.45) is 5.92 Å². The SMILES string of the molecule is CC(C)CN1C(=O)N(Cc2ccc(OC(F)(F)F)cc2)C2(CCN(c3cccc(CC(=O)O)c3)CC2)C1=O. The quantitative estimate of drug-likeness (QED) is 0.496. The molecule has 38 heavy (non-hydrogen) atoms. The number of carbonyl (C=O) groups excluding carboxylic acids is 2. The van der Waals surface area contributed by atoms with Gasteiger partial charge in [0.2, 0.25) is 0 Å². The van der Waals surface area contributed by atoms with Gasteiger partial charge in [0.05, 0.1) is 6.42 Å². The molecule has 2 aromatic carbocycles. The lowest BCUT2D eigenvalue weighted by molar-refractivity contribution is -0.274. The highest BCUT2D eigenvalue weighted by molar-refractivity contribution is 6.07. The van der Waals surface area contributed by atoms with Crippen LogP contribution >= 0.6 is 0 Å². The lowest BCUT2D eigenvalue weighted by Gasteiger charge is -2.43. The molecule has 0 radical (unpaired) electrons. The molecule has 3 amide bonds. The van der Waals surface area contributed by atoms with Crippen molar-refractivity contribution in [2.75, 3.05) is 24.5 Å². The Morgan fingerprint density at radius 3 is 2.29 bits per heavy atom. The van der Waals surface area contributed by atoms with Crippen LogP contribution in [0.2, 0.25) is 0 Å². The summed E-state index contributed by atoms with van der Waals surface area (Å²) in [5, 5.41) is 9.11. The van der Waals surface area contributed by atoms with Gasteiger partial charge in [-0.1, -0.05) is 38.1 Å². The van der Waals surface area contributed by atoms with Crippen LogP contribution in [0.5, 0.6) is 5.75 Å². The molecule has 4 rings (SSSR count). The number of urea groups is 1. The van der Waals surface area contributed by atoms with Crippen LogP contribution < -0.4 is 9.64 Å². The molecule has 2 fully saturated rings. The number of nitrogens with zero attached hydrogens (tertiary/aromatic N) is 3. The van der Waals surface area contributed by atoms with Crippen molar-refractivity contribution >= 4 is 23.6 Å². The lowest BCUT2D eigenvalue weighted by Crippen LogP contribution is -2.56. The summed E-state index contributed by atoms with van der Waals surface area (Å²) in [4.78, 5) is 43.2. The van der Waals surface area contributed by atoms with Crippen molar-refractivity contribution in [3.8, 4) is 5.75 Å². The maximum absolute atomic E-state index is 13.7. The van der Waals surface area contributed by atoms with Crippen LogP contribution in [0, 0.1) is 5.92 Å². The van der Waals surface area contributed by atoms with E-state index >= 15 is 0 Å². The standard InChI is InChI=1S/C27H30F3N3O5/c1-18(2)16-32-24(36)26(10-12-31(13-11-26)21-5-3-4-20(14-21)15-23(34)35)33(25(32)37)17-19-6-8-22(9-7-19)38-27(28,29)30/h3-9,14,18H,10-13,15-17H2,1-2H3,(H,34,35). The van der Waals surface area contributed by atoms with E-state index < -0.39 is 23.9 Å². The largest absolute Gasteiger partial charge is 0.573 e. The van der Waals surface area contributed by atoms with E-state index in [4.69, 9.17) is 5.11 Å². The van der Waals surface area contributed by atoms with Gasteiger partial charge in [-0.05, 0) is 54.2 Å². The van der Waals surface area contributed by atoms with Crippen molar-refractivity contribution in [1.82, 2.24) is 9.80 Å². The van der Waals surface area contributed by atoms with Crippen LogP contribution in [0.3, 0.4) is 0 Å². The maximum Gasteiger partial charge on any atom is 0.573 e. The van der Waals surface area contributed by atoms with Gasteiger partial charge in [0.1, 0.15) is 11.3 Å². The second kappa shape index (κ2) is 10.5. The van der Waals surface area contributed by atoms with E-state index in [1.807, 2.05) is 26.0 Å². The Hall–Kier alpha value is -3.76. The molecule has 2 saturated heterocycles. The number of piperidine rings is 1. The second-order valence-corrected chi connectivity index (χ2v) is 10.1. The summed E-state index contributed by atoms with van der Waals surface area (Å²) in [5.41, 5.74) is 1.03. The van der Waals surface area contributed by atoms with Crippen LogP contribution in [-0.4, -0.2) is 64.3 Å². The monoisotopic (exact) mass is 533 g/mol. The summed E-state index contributed by atoms with van der Waals surface area (Å²) in [6.45, 7) is 5.12. The van der Waals surface area contributed by atoms with Gasteiger partial charge in [-0.25, -0.2) is 4.79 Å². The van der Waals surface area contributed by atoms with E-state index in [2.05, 4.69) is 9.64 Å². The Bertz CT molecular complexity index is 1190. The third-order valence-electron chi connectivity index (χ3n) is 6.89.